The Morgan fingerprint density at radius 3 is 2.48 bits per heavy atom. The normalized spacial score (nSPS) is 10.7. The summed E-state index contributed by atoms with van der Waals surface area (Å²) in [6.07, 6.45) is 0. The summed E-state index contributed by atoms with van der Waals surface area (Å²) >= 11 is 3.58. The second-order valence-electron chi connectivity index (χ2n) is 5.41. The summed E-state index contributed by atoms with van der Waals surface area (Å²) in [6.45, 7) is 4.96. The first-order valence-corrected chi connectivity index (χ1v) is 8.95. The Morgan fingerprint density at radius 1 is 1.08 bits per heavy atom. The molecule has 25 heavy (non-hydrogen) atoms. The fraction of sp³-hybridized carbons (Fsp3) is 0.368. The highest BCUT2D eigenvalue weighted by atomic mass is 79.9. The van der Waals surface area contributed by atoms with Gasteiger partial charge >= 0.3 is 0 Å². The molecule has 0 aliphatic rings. The summed E-state index contributed by atoms with van der Waals surface area (Å²) in [5.74, 6) is 1.09. The Hall–Kier alpha value is -1.63. The minimum Gasteiger partial charge on any atom is -0.490 e. The van der Waals surface area contributed by atoms with E-state index >= 15 is 0 Å². The third kappa shape index (κ3) is 6.30. The second-order valence-corrected chi connectivity index (χ2v) is 6.26. The van der Waals surface area contributed by atoms with Gasteiger partial charge in [0, 0.05) is 24.7 Å². The van der Waals surface area contributed by atoms with Crippen LogP contribution in [0.3, 0.4) is 0 Å². The highest BCUT2D eigenvalue weighted by Crippen LogP contribution is 2.34. The van der Waals surface area contributed by atoms with Gasteiger partial charge in [-0.15, -0.1) is 0 Å². The average molecular weight is 412 g/mol. The van der Waals surface area contributed by atoms with Crippen molar-refractivity contribution in [2.24, 2.45) is 0 Å². The molecule has 0 fully saturated rings. The Balaban J connectivity index is 2.07. The van der Waals surface area contributed by atoms with Crippen molar-refractivity contribution in [2.75, 3.05) is 26.9 Å². The third-order valence-electron chi connectivity index (χ3n) is 3.52. The SMILES string of the molecule is CCOc1cc(CNCCOC)c(Br)cc1OCc1ccc(F)cc1. The molecule has 6 heteroatoms. The number of ether oxygens (including phenoxy) is 3. The van der Waals surface area contributed by atoms with Gasteiger partial charge in [-0.2, -0.15) is 0 Å². The Kier molecular flexibility index (Phi) is 8.18. The van der Waals surface area contributed by atoms with Crippen molar-refractivity contribution in [1.29, 1.82) is 0 Å². The molecule has 2 aromatic rings. The minimum atomic E-state index is -0.258. The summed E-state index contributed by atoms with van der Waals surface area (Å²) < 4.78 is 30.5. The predicted molar refractivity (Wildman–Crippen MR) is 99.6 cm³/mol. The van der Waals surface area contributed by atoms with E-state index in [-0.39, 0.29) is 5.82 Å². The number of rotatable bonds is 10. The number of hydrogen-bond donors (Lipinski definition) is 1. The first kappa shape index (κ1) is 19.7. The molecule has 0 amide bonds. The van der Waals surface area contributed by atoms with Crippen molar-refractivity contribution >= 4 is 15.9 Å². The van der Waals surface area contributed by atoms with Gasteiger partial charge in [0.15, 0.2) is 11.5 Å². The van der Waals surface area contributed by atoms with Crippen LogP contribution in [0.1, 0.15) is 18.1 Å². The number of benzene rings is 2. The van der Waals surface area contributed by atoms with Crippen LogP contribution in [0, 0.1) is 5.82 Å². The summed E-state index contributed by atoms with van der Waals surface area (Å²) in [6, 6.07) is 10.1. The second kappa shape index (κ2) is 10.4. The minimum absolute atomic E-state index is 0.258. The highest BCUT2D eigenvalue weighted by molar-refractivity contribution is 9.10. The Labute approximate surface area is 156 Å². The monoisotopic (exact) mass is 411 g/mol. The van der Waals surface area contributed by atoms with Gasteiger partial charge in [-0.3, -0.25) is 0 Å². The molecule has 1 N–H and O–H groups in total. The smallest absolute Gasteiger partial charge is 0.162 e. The molecule has 0 aliphatic carbocycles. The van der Waals surface area contributed by atoms with Crippen LogP contribution >= 0.6 is 15.9 Å². The average Bonchev–Trinajstić information content (AvgIpc) is 2.61. The first-order valence-electron chi connectivity index (χ1n) is 8.16. The lowest BCUT2D eigenvalue weighted by Gasteiger charge is -2.15. The molecular formula is C19H23BrFNO3. The van der Waals surface area contributed by atoms with E-state index in [0.717, 1.165) is 22.1 Å². The van der Waals surface area contributed by atoms with Crippen LogP contribution in [-0.4, -0.2) is 26.9 Å². The van der Waals surface area contributed by atoms with Gasteiger partial charge in [0.05, 0.1) is 13.2 Å². The van der Waals surface area contributed by atoms with E-state index in [4.69, 9.17) is 14.2 Å². The highest BCUT2D eigenvalue weighted by Gasteiger charge is 2.11. The number of methoxy groups -OCH3 is 1. The molecule has 0 atom stereocenters. The molecular weight excluding hydrogens is 389 g/mol. The van der Waals surface area contributed by atoms with Gasteiger partial charge in [-0.05, 0) is 42.3 Å². The van der Waals surface area contributed by atoms with Gasteiger partial charge in [0.2, 0.25) is 0 Å². The van der Waals surface area contributed by atoms with E-state index in [0.29, 0.717) is 37.9 Å². The van der Waals surface area contributed by atoms with E-state index in [2.05, 4.69) is 21.2 Å². The molecule has 0 aromatic heterocycles. The summed E-state index contributed by atoms with van der Waals surface area (Å²) in [5, 5.41) is 3.31. The van der Waals surface area contributed by atoms with E-state index in [1.165, 1.54) is 12.1 Å². The van der Waals surface area contributed by atoms with Crippen molar-refractivity contribution < 1.29 is 18.6 Å². The van der Waals surface area contributed by atoms with Crippen LogP contribution in [0.5, 0.6) is 11.5 Å². The first-order chi connectivity index (χ1) is 12.1. The Bertz CT molecular complexity index is 664. The third-order valence-corrected chi connectivity index (χ3v) is 4.26. The van der Waals surface area contributed by atoms with Crippen molar-refractivity contribution in [3.8, 4) is 11.5 Å². The molecule has 136 valence electrons. The van der Waals surface area contributed by atoms with E-state index in [9.17, 15) is 4.39 Å². The van der Waals surface area contributed by atoms with Gasteiger partial charge < -0.3 is 19.5 Å². The summed E-state index contributed by atoms with van der Waals surface area (Å²) in [7, 11) is 1.68. The molecule has 0 unspecified atom stereocenters. The lowest BCUT2D eigenvalue weighted by molar-refractivity contribution is 0.199. The fourth-order valence-corrected chi connectivity index (χ4v) is 2.70. The maximum Gasteiger partial charge on any atom is 0.162 e. The topological polar surface area (TPSA) is 39.7 Å². The van der Waals surface area contributed by atoms with Crippen LogP contribution in [-0.2, 0) is 17.9 Å². The maximum atomic E-state index is 13.0. The van der Waals surface area contributed by atoms with E-state index in [1.807, 2.05) is 19.1 Å². The maximum absolute atomic E-state index is 13.0. The predicted octanol–water partition coefficient (Wildman–Crippen LogP) is 4.30. The number of hydrogen-bond acceptors (Lipinski definition) is 4. The molecule has 0 saturated carbocycles. The van der Waals surface area contributed by atoms with Gasteiger partial charge in [0.1, 0.15) is 12.4 Å². The molecule has 0 heterocycles. The van der Waals surface area contributed by atoms with Gasteiger partial charge in [0.25, 0.3) is 0 Å². The molecule has 0 radical (unpaired) electrons. The molecule has 0 saturated heterocycles. The molecule has 2 rings (SSSR count). The fourth-order valence-electron chi connectivity index (χ4n) is 2.23. The standard InChI is InChI=1S/C19H23BrFNO3/c1-3-24-18-10-15(12-22-8-9-23-2)17(20)11-19(18)25-13-14-4-6-16(21)7-5-14/h4-7,10-11,22H,3,8-9,12-13H2,1-2H3. The van der Waals surface area contributed by atoms with Crippen LogP contribution < -0.4 is 14.8 Å². The van der Waals surface area contributed by atoms with Gasteiger partial charge in [-0.25, -0.2) is 4.39 Å². The molecule has 2 aromatic carbocycles. The molecule has 0 spiro atoms. The lowest BCUT2D eigenvalue weighted by atomic mass is 10.2. The zero-order valence-corrected chi connectivity index (χ0v) is 16.1. The van der Waals surface area contributed by atoms with Crippen molar-refractivity contribution in [3.63, 3.8) is 0 Å². The number of nitrogens with one attached hydrogen (secondary N) is 1. The number of halogens is 2. The Morgan fingerprint density at radius 2 is 1.80 bits per heavy atom. The van der Waals surface area contributed by atoms with Gasteiger partial charge in [-0.1, -0.05) is 28.1 Å². The van der Waals surface area contributed by atoms with E-state index < -0.39 is 0 Å². The zero-order valence-electron chi connectivity index (χ0n) is 14.5. The van der Waals surface area contributed by atoms with Crippen molar-refractivity contribution in [3.05, 3.63) is 57.8 Å². The molecule has 0 bridgehead atoms. The summed E-state index contributed by atoms with van der Waals surface area (Å²) in [4.78, 5) is 0. The van der Waals surface area contributed by atoms with Crippen molar-refractivity contribution in [2.45, 2.75) is 20.1 Å². The van der Waals surface area contributed by atoms with Crippen molar-refractivity contribution in [1.82, 2.24) is 5.32 Å². The van der Waals surface area contributed by atoms with Crippen LogP contribution in [0.15, 0.2) is 40.9 Å². The zero-order chi connectivity index (χ0) is 18.1. The largest absolute Gasteiger partial charge is 0.490 e. The molecule has 4 nitrogen and oxygen atoms in total. The quantitative estimate of drug-likeness (QED) is 0.591. The molecule has 0 aliphatic heterocycles. The van der Waals surface area contributed by atoms with Crippen LogP contribution in [0.25, 0.3) is 0 Å². The van der Waals surface area contributed by atoms with Crippen LogP contribution in [0.4, 0.5) is 4.39 Å². The van der Waals surface area contributed by atoms with Crippen LogP contribution in [0.2, 0.25) is 0 Å². The van der Waals surface area contributed by atoms with E-state index in [1.54, 1.807) is 19.2 Å². The summed E-state index contributed by atoms with van der Waals surface area (Å²) in [5.41, 5.74) is 1.97. The lowest BCUT2D eigenvalue weighted by Crippen LogP contribution is -2.18.